The second-order valence-electron chi connectivity index (χ2n) is 4.33. The summed E-state index contributed by atoms with van der Waals surface area (Å²) in [4.78, 5) is 22.5. The molecule has 0 atom stereocenters. The van der Waals surface area contributed by atoms with E-state index in [0.29, 0.717) is 43.1 Å². The minimum atomic E-state index is -0.0221. The van der Waals surface area contributed by atoms with Crippen LogP contribution in [-0.2, 0) is 4.79 Å². The Morgan fingerprint density at radius 3 is 2.60 bits per heavy atom. The molecule has 0 aromatic heterocycles. The molecule has 0 aliphatic rings. The van der Waals surface area contributed by atoms with Gasteiger partial charge in [-0.2, -0.15) is 0 Å². The zero-order chi connectivity index (χ0) is 15.0. The normalized spacial score (nSPS) is 9.95. The molecule has 20 heavy (non-hydrogen) atoms. The first-order valence-corrected chi connectivity index (χ1v) is 6.67. The molecule has 5 heteroatoms. The zero-order valence-electron chi connectivity index (χ0n) is 12.2. The van der Waals surface area contributed by atoms with Gasteiger partial charge in [0.15, 0.2) is 17.3 Å². The first-order valence-electron chi connectivity index (χ1n) is 6.67. The number of amides is 1. The molecule has 1 aromatic carbocycles. The van der Waals surface area contributed by atoms with Gasteiger partial charge in [0.05, 0.1) is 13.7 Å². The number of rotatable bonds is 8. The summed E-state index contributed by atoms with van der Waals surface area (Å²) >= 11 is 0. The molecule has 0 saturated carbocycles. The van der Waals surface area contributed by atoms with Gasteiger partial charge in [-0.1, -0.05) is 0 Å². The fourth-order valence-electron chi connectivity index (χ4n) is 1.71. The predicted octanol–water partition coefficient (Wildman–Crippen LogP) is 2.19. The van der Waals surface area contributed by atoms with Crippen LogP contribution in [0.4, 0.5) is 0 Å². The van der Waals surface area contributed by atoms with Crippen molar-refractivity contribution in [3.63, 3.8) is 0 Å². The molecule has 0 aliphatic carbocycles. The zero-order valence-corrected chi connectivity index (χ0v) is 12.2. The number of carbonyl (C=O) groups excluding carboxylic acids is 2. The molecule has 5 nitrogen and oxygen atoms in total. The van der Waals surface area contributed by atoms with Crippen LogP contribution in [0.25, 0.3) is 0 Å². The van der Waals surface area contributed by atoms with E-state index in [2.05, 4.69) is 5.32 Å². The maximum atomic E-state index is 11.3. The summed E-state index contributed by atoms with van der Waals surface area (Å²) in [6.45, 7) is 4.45. The number of benzene rings is 1. The summed E-state index contributed by atoms with van der Waals surface area (Å²) in [6, 6.07) is 5.06. The molecule has 0 aliphatic heterocycles. The van der Waals surface area contributed by atoms with Crippen molar-refractivity contribution in [3.8, 4) is 11.5 Å². The van der Waals surface area contributed by atoms with Crippen LogP contribution in [0.15, 0.2) is 18.2 Å². The molecular weight excluding hydrogens is 258 g/mol. The van der Waals surface area contributed by atoms with Crippen LogP contribution in [0.3, 0.4) is 0 Å². The monoisotopic (exact) mass is 279 g/mol. The minimum Gasteiger partial charge on any atom is -0.493 e. The summed E-state index contributed by atoms with van der Waals surface area (Å²) in [5, 5.41) is 2.73. The van der Waals surface area contributed by atoms with Crippen molar-refractivity contribution >= 4 is 11.7 Å². The summed E-state index contributed by atoms with van der Waals surface area (Å²) in [5.74, 6) is 1.10. The number of nitrogens with one attached hydrogen (secondary N) is 1. The van der Waals surface area contributed by atoms with Crippen LogP contribution >= 0.6 is 0 Å². The van der Waals surface area contributed by atoms with E-state index < -0.39 is 0 Å². The van der Waals surface area contributed by atoms with Crippen molar-refractivity contribution in [2.75, 3.05) is 20.3 Å². The predicted molar refractivity (Wildman–Crippen MR) is 76.4 cm³/mol. The highest BCUT2D eigenvalue weighted by atomic mass is 16.5. The molecule has 0 spiro atoms. The van der Waals surface area contributed by atoms with E-state index in [0.717, 1.165) is 0 Å². The Labute approximate surface area is 119 Å². The highest BCUT2D eigenvalue weighted by molar-refractivity contribution is 5.94. The van der Waals surface area contributed by atoms with Crippen LogP contribution in [-0.4, -0.2) is 32.0 Å². The molecule has 110 valence electrons. The van der Waals surface area contributed by atoms with Gasteiger partial charge in [0.1, 0.15) is 0 Å². The molecule has 0 fully saturated rings. The maximum Gasteiger partial charge on any atom is 0.220 e. The van der Waals surface area contributed by atoms with E-state index in [1.807, 2.05) is 6.92 Å². The lowest BCUT2D eigenvalue weighted by molar-refractivity contribution is -0.121. The Bertz CT molecular complexity index is 471. The van der Waals surface area contributed by atoms with Gasteiger partial charge in [-0.15, -0.1) is 0 Å². The van der Waals surface area contributed by atoms with E-state index in [1.54, 1.807) is 18.2 Å². The molecule has 0 bridgehead atoms. The molecular formula is C15H21NO4. The van der Waals surface area contributed by atoms with Gasteiger partial charge in [0.25, 0.3) is 0 Å². The Morgan fingerprint density at radius 2 is 2.00 bits per heavy atom. The van der Waals surface area contributed by atoms with E-state index in [-0.39, 0.29) is 11.7 Å². The molecule has 0 heterocycles. The smallest absolute Gasteiger partial charge is 0.220 e. The standard InChI is InChI=1S/C15H21NO4/c1-4-16-15(18)6-5-9-20-13-8-7-12(11(2)17)10-14(13)19-3/h7-8,10H,4-6,9H2,1-3H3,(H,16,18). The van der Waals surface area contributed by atoms with E-state index in [4.69, 9.17) is 9.47 Å². The number of hydrogen-bond acceptors (Lipinski definition) is 4. The largest absolute Gasteiger partial charge is 0.493 e. The third kappa shape index (κ3) is 4.91. The van der Waals surface area contributed by atoms with Crippen LogP contribution in [0.2, 0.25) is 0 Å². The topological polar surface area (TPSA) is 64.6 Å². The van der Waals surface area contributed by atoms with Gasteiger partial charge >= 0.3 is 0 Å². The number of ether oxygens (including phenoxy) is 2. The summed E-state index contributed by atoms with van der Waals surface area (Å²) in [6.07, 6.45) is 1.06. The molecule has 1 amide bonds. The molecule has 1 rings (SSSR count). The first kappa shape index (κ1) is 16.0. The molecule has 0 saturated heterocycles. The SMILES string of the molecule is CCNC(=O)CCCOc1ccc(C(C)=O)cc1OC. The minimum absolute atomic E-state index is 0.0221. The molecule has 1 aromatic rings. The van der Waals surface area contributed by atoms with Crippen molar-refractivity contribution in [2.45, 2.75) is 26.7 Å². The number of hydrogen-bond donors (Lipinski definition) is 1. The lowest BCUT2D eigenvalue weighted by atomic mass is 10.1. The molecule has 1 N–H and O–H groups in total. The number of methoxy groups -OCH3 is 1. The third-order valence-corrected chi connectivity index (χ3v) is 2.75. The summed E-state index contributed by atoms with van der Waals surface area (Å²) < 4.78 is 10.8. The number of carbonyl (C=O) groups is 2. The van der Waals surface area contributed by atoms with Crippen molar-refractivity contribution < 1.29 is 19.1 Å². The van der Waals surface area contributed by atoms with Gasteiger partial charge in [0, 0.05) is 18.5 Å². The van der Waals surface area contributed by atoms with Gasteiger partial charge in [-0.05, 0) is 38.5 Å². The highest BCUT2D eigenvalue weighted by Gasteiger charge is 2.08. The van der Waals surface area contributed by atoms with Crippen molar-refractivity contribution in [1.29, 1.82) is 0 Å². The Balaban J connectivity index is 2.51. The van der Waals surface area contributed by atoms with Gasteiger partial charge in [-0.25, -0.2) is 0 Å². The third-order valence-electron chi connectivity index (χ3n) is 2.75. The summed E-state index contributed by atoms with van der Waals surface area (Å²) in [5.41, 5.74) is 0.580. The van der Waals surface area contributed by atoms with Crippen LogP contribution in [0.5, 0.6) is 11.5 Å². The number of Topliss-reactive ketones (excluding diaryl/α,β-unsaturated/α-hetero) is 1. The lowest BCUT2D eigenvalue weighted by Crippen LogP contribution is -2.22. The fraction of sp³-hybridized carbons (Fsp3) is 0.467. The first-order chi connectivity index (χ1) is 9.58. The van der Waals surface area contributed by atoms with Crippen molar-refractivity contribution in [1.82, 2.24) is 5.32 Å². The Hall–Kier alpha value is -2.04. The van der Waals surface area contributed by atoms with Crippen LogP contribution in [0, 0.1) is 0 Å². The Morgan fingerprint density at radius 1 is 1.25 bits per heavy atom. The van der Waals surface area contributed by atoms with Gasteiger partial charge < -0.3 is 14.8 Å². The van der Waals surface area contributed by atoms with E-state index in [1.165, 1.54) is 14.0 Å². The van der Waals surface area contributed by atoms with E-state index >= 15 is 0 Å². The quantitative estimate of drug-likeness (QED) is 0.585. The molecule has 0 radical (unpaired) electrons. The average molecular weight is 279 g/mol. The lowest BCUT2D eigenvalue weighted by Gasteiger charge is -2.11. The second kappa shape index (κ2) is 8.19. The van der Waals surface area contributed by atoms with Crippen LogP contribution in [0.1, 0.15) is 37.0 Å². The average Bonchev–Trinajstić information content (AvgIpc) is 2.43. The Kier molecular flexibility index (Phi) is 6.56. The number of ketones is 1. The molecule has 0 unspecified atom stereocenters. The van der Waals surface area contributed by atoms with Crippen LogP contribution < -0.4 is 14.8 Å². The maximum absolute atomic E-state index is 11.3. The van der Waals surface area contributed by atoms with Crippen molar-refractivity contribution in [3.05, 3.63) is 23.8 Å². The summed E-state index contributed by atoms with van der Waals surface area (Å²) in [7, 11) is 1.53. The van der Waals surface area contributed by atoms with Gasteiger partial charge in [0.2, 0.25) is 5.91 Å². The fourth-order valence-corrected chi connectivity index (χ4v) is 1.71. The van der Waals surface area contributed by atoms with Gasteiger partial charge in [-0.3, -0.25) is 9.59 Å². The van der Waals surface area contributed by atoms with E-state index in [9.17, 15) is 9.59 Å². The highest BCUT2D eigenvalue weighted by Crippen LogP contribution is 2.28. The van der Waals surface area contributed by atoms with Crippen molar-refractivity contribution in [2.24, 2.45) is 0 Å². The second-order valence-corrected chi connectivity index (χ2v) is 4.33.